The Balaban J connectivity index is 1.95. The minimum Gasteiger partial charge on any atom is -0.378 e. The number of nitrogens with two attached hydrogens (primary N) is 1. The number of aryl methyl sites for hydroxylation is 2. The van der Waals surface area contributed by atoms with Gasteiger partial charge in [0, 0.05) is 31.1 Å². The molecule has 2 atom stereocenters. The van der Waals surface area contributed by atoms with E-state index in [1.807, 2.05) is 27.9 Å². The maximum absolute atomic E-state index is 6.71. The van der Waals surface area contributed by atoms with E-state index >= 15 is 0 Å². The number of rotatable bonds is 3. The molecule has 0 aliphatic heterocycles. The molecule has 2 N–H and O–H groups in total. The zero-order valence-electron chi connectivity index (χ0n) is 14.1. The Kier molecular flexibility index (Phi) is 4.16. The number of hydrogen-bond donors (Lipinski definition) is 1. The zero-order valence-corrected chi connectivity index (χ0v) is 15.8. The molecule has 1 aliphatic carbocycles. The molecule has 2 aromatic rings. The topological polar surface area (TPSA) is 55.0 Å². The molecule has 0 saturated heterocycles. The SMILES string of the molecule is Cc1nc(C)c(-c2csc(C3(N)C=CC(N(C)C)=CC3C)n2)s1. The minimum absolute atomic E-state index is 0.188. The Hall–Kier alpha value is -1.50. The van der Waals surface area contributed by atoms with E-state index in [9.17, 15) is 0 Å². The van der Waals surface area contributed by atoms with Gasteiger partial charge in [-0.05, 0) is 19.9 Å². The molecule has 3 rings (SSSR count). The van der Waals surface area contributed by atoms with Crippen LogP contribution in [0.5, 0.6) is 0 Å². The minimum atomic E-state index is -0.546. The highest BCUT2D eigenvalue weighted by atomic mass is 32.1. The van der Waals surface area contributed by atoms with Gasteiger partial charge in [0.2, 0.25) is 0 Å². The Morgan fingerprint density at radius 3 is 2.57 bits per heavy atom. The second kappa shape index (κ2) is 5.85. The number of nitrogens with zero attached hydrogens (tertiary/aromatic N) is 3. The van der Waals surface area contributed by atoms with Crippen molar-refractivity contribution in [1.29, 1.82) is 0 Å². The molecule has 2 unspecified atom stereocenters. The van der Waals surface area contributed by atoms with Gasteiger partial charge in [-0.3, -0.25) is 0 Å². The van der Waals surface area contributed by atoms with Crippen molar-refractivity contribution < 1.29 is 0 Å². The number of allylic oxidation sites excluding steroid dienone is 1. The lowest BCUT2D eigenvalue weighted by Crippen LogP contribution is -2.42. The molecule has 0 amide bonds. The molecule has 0 fully saturated rings. The fourth-order valence-corrected chi connectivity index (χ4v) is 4.69. The Morgan fingerprint density at radius 2 is 2.00 bits per heavy atom. The van der Waals surface area contributed by atoms with Crippen LogP contribution in [0.25, 0.3) is 10.6 Å². The summed E-state index contributed by atoms with van der Waals surface area (Å²) in [6.07, 6.45) is 6.38. The van der Waals surface area contributed by atoms with Crippen LogP contribution in [0.3, 0.4) is 0 Å². The molecule has 4 nitrogen and oxygen atoms in total. The molecule has 1 aliphatic rings. The Bertz CT molecular complexity index is 784. The lowest BCUT2D eigenvalue weighted by molar-refractivity contribution is 0.410. The van der Waals surface area contributed by atoms with E-state index in [0.717, 1.165) is 26.3 Å². The van der Waals surface area contributed by atoms with Crippen molar-refractivity contribution in [2.45, 2.75) is 26.3 Å². The van der Waals surface area contributed by atoms with Gasteiger partial charge in [-0.25, -0.2) is 9.97 Å². The van der Waals surface area contributed by atoms with Crippen molar-refractivity contribution in [3.05, 3.63) is 45.0 Å². The molecule has 23 heavy (non-hydrogen) atoms. The van der Waals surface area contributed by atoms with E-state index in [1.54, 1.807) is 22.7 Å². The third-order valence-electron chi connectivity index (χ3n) is 4.23. The van der Waals surface area contributed by atoms with Crippen molar-refractivity contribution in [2.75, 3.05) is 14.1 Å². The van der Waals surface area contributed by atoms with Gasteiger partial charge in [-0.15, -0.1) is 22.7 Å². The van der Waals surface area contributed by atoms with E-state index in [1.165, 1.54) is 5.70 Å². The predicted octanol–water partition coefficient (Wildman–Crippen LogP) is 3.69. The first-order valence-electron chi connectivity index (χ1n) is 7.59. The van der Waals surface area contributed by atoms with Crippen molar-refractivity contribution in [1.82, 2.24) is 14.9 Å². The summed E-state index contributed by atoms with van der Waals surface area (Å²) in [5, 5.41) is 4.12. The summed E-state index contributed by atoms with van der Waals surface area (Å²) < 4.78 is 0. The quantitative estimate of drug-likeness (QED) is 0.921. The number of likely N-dealkylation sites (N-methyl/N-ethyl adjacent to an activating group) is 1. The first-order chi connectivity index (χ1) is 10.8. The average molecular weight is 347 g/mol. The van der Waals surface area contributed by atoms with Gasteiger partial charge in [0.1, 0.15) is 5.01 Å². The van der Waals surface area contributed by atoms with Crippen LogP contribution in [0, 0.1) is 19.8 Å². The van der Waals surface area contributed by atoms with Crippen LogP contribution in [0.15, 0.2) is 29.3 Å². The molecular weight excluding hydrogens is 324 g/mol. The van der Waals surface area contributed by atoms with E-state index in [0.29, 0.717) is 0 Å². The summed E-state index contributed by atoms with van der Waals surface area (Å²) >= 11 is 3.32. The second-order valence-corrected chi connectivity index (χ2v) is 8.29. The lowest BCUT2D eigenvalue weighted by atomic mass is 9.82. The molecule has 0 spiro atoms. The number of thiazole rings is 2. The lowest BCUT2D eigenvalue weighted by Gasteiger charge is -2.33. The molecule has 0 radical (unpaired) electrons. The van der Waals surface area contributed by atoms with Crippen LogP contribution in [-0.2, 0) is 5.54 Å². The Labute approximate surface area is 145 Å². The van der Waals surface area contributed by atoms with Gasteiger partial charge in [0.15, 0.2) is 0 Å². The highest BCUT2D eigenvalue weighted by molar-refractivity contribution is 7.16. The van der Waals surface area contributed by atoms with E-state index < -0.39 is 5.54 Å². The first-order valence-corrected chi connectivity index (χ1v) is 9.28. The number of hydrogen-bond acceptors (Lipinski definition) is 6. The molecule has 2 heterocycles. The van der Waals surface area contributed by atoms with Crippen molar-refractivity contribution in [3.8, 4) is 10.6 Å². The van der Waals surface area contributed by atoms with Gasteiger partial charge in [0.25, 0.3) is 0 Å². The predicted molar refractivity (Wildman–Crippen MR) is 98.6 cm³/mol. The zero-order chi connectivity index (χ0) is 16.8. The largest absolute Gasteiger partial charge is 0.378 e. The summed E-state index contributed by atoms with van der Waals surface area (Å²) in [5.41, 5.74) is 9.37. The maximum atomic E-state index is 6.71. The molecular formula is C17H22N4S2. The van der Waals surface area contributed by atoms with Crippen LogP contribution in [0.4, 0.5) is 0 Å². The molecule has 2 aromatic heterocycles. The summed E-state index contributed by atoms with van der Waals surface area (Å²) in [4.78, 5) is 12.6. The van der Waals surface area contributed by atoms with E-state index in [-0.39, 0.29) is 5.92 Å². The summed E-state index contributed by atoms with van der Waals surface area (Å²) in [5.74, 6) is 0.188. The molecule has 0 aromatic carbocycles. The highest BCUT2D eigenvalue weighted by Gasteiger charge is 2.36. The summed E-state index contributed by atoms with van der Waals surface area (Å²) in [7, 11) is 4.09. The summed E-state index contributed by atoms with van der Waals surface area (Å²) in [6.45, 7) is 6.21. The average Bonchev–Trinajstić information content (AvgIpc) is 3.08. The normalized spacial score (nSPS) is 23.9. The van der Waals surface area contributed by atoms with Gasteiger partial charge in [0.05, 0.1) is 26.8 Å². The van der Waals surface area contributed by atoms with Crippen LogP contribution < -0.4 is 5.73 Å². The standard InChI is InChI=1S/C17H22N4S2/c1-10-8-13(21(4)5)6-7-17(10,18)16-20-14(9-22-16)15-11(2)19-12(3)23-15/h6-10H,18H2,1-5H3. The first kappa shape index (κ1) is 16.4. The second-order valence-electron chi connectivity index (χ2n) is 6.23. The van der Waals surface area contributed by atoms with Gasteiger partial charge in [-0.2, -0.15) is 0 Å². The maximum Gasteiger partial charge on any atom is 0.118 e. The third-order valence-corrected chi connectivity index (χ3v) is 6.34. The van der Waals surface area contributed by atoms with Crippen molar-refractivity contribution in [2.24, 2.45) is 11.7 Å². The fourth-order valence-electron chi connectivity index (χ4n) is 2.73. The van der Waals surface area contributed by atoms with Crippen LogP contribution >= 0.6 is 22.7 Å². The van der Waals surface area contributed by atoms with Crippen molar-refractivity contribution in [3.63, 3.8) is 0 Å². The highest BCUT2D eigenvalue weighted by Crippen LogP contribution is 2.38. The van der Waals surface area contributed by atoms with Gasteiger partial charge < -0.3 is 10.6 Å². The fraction of sp³-hybridized carbons (Fsp3) is 0.412. The summed E-state index contributed by atoms with van der Waals surface area (Å²) in [6, 6.07) is 0. The Morgan fingerprint density at radius 1 is 1.26 bits per heavy atom. The number of aromatic nitrogens is 2. The van der Waals surface area contributed by atoms with E-state index in [2.05, 4.69) is 40.4 Å². The monoisotopic (exact) mass is 346 g/mol. The van der Waals surface area contributed by atoms with Crippen molar-refractivity contribution >= 4 is 22.7 Å². The van der Waals surface area contributed by atoms with E-state index in [4.69, 9.17) is 10.7 Å². The van der Waals surface area contributed by atoms with Crippen LogP contribution in [-0.4, -0.2) is 29.0 Å². The molecule has 122 valence electrons. The van der Waals surface area contributed by atoms with Gasteiger partial charge in [-0.1, -0.05) is 19.1 Å². The van der Waals surface area contributed by atoms with Crippen LogP contribution in [0.2, 0.25) is 0 Å². The molecule has 0 saturated carbocycles. The third kappa shape index (κ3) is 2.86. The smallest absolute Gasteiger partial charge is 0.118 e. The van der Waals surface area contributed by atoms with Gasteiger partial charge >= 0.3 is 0 Å². The van der Waals surface area contributed by atoms with Crippen LogP contribution in [0.1, 0.15) is 22.6 Å². The molecule has 6 heteroatoms. The molecule has 0 bridgehead atoms.